The third-order valence-corrected chi connectivity index (χ3v) is 4.34. The van der Waals surface area contributed by atoms with Crippen molar-refractivity contribution in [1.82, 2.24) is 0 Å². The highest BCUT2D eigenvalue weighted by Crippen LogP contribution is 2.42. The molecular formula is C17H19ClO8. The van der Waals surface area contributed by atoms with Crippen molar-refractivity contribution in [3.63, 3.8) is 0 Å². The van der Waals surface area contributed by atoms with E-state index in [-0.39, 0.29) is 12.3 Å². The van der Waals surface area contributed by atoms with Gasteiger partial charge in [0.1, 0.15) is 28.2 Å². The van der Waals surface area contributed by atoms with Gasteiger partial charge in [-0.2, -0.15) is 0 Å². The number of fused-ring (bicyclic) bond motifs is 1. The first kappa shape index (κ1) is 20.0. The van der Waals surface area contributed by atoms with Crippen molar-refractivity contribution >= 4 is 29.1 Å². The summed E-state index contributed by atoms with van der Waals surface area (Å²) in [6, 6.07) is 0.841. The van der Waals surface area contributed by atoms with Gasteiger partial charge in [-0.25, -0.2) is 4.79 Å². The first-order chi connectivity index (χ1) is 12.1. The molecule has 1 aromatic rings. The van der Waals surface area contributed by atoms with Crippen LogP contribution in [0.3, 0.4) is 0 Å². The molecule has 142 valence electrons. The third-order valence-electron chi connectivity index (χ3n) is 3.98. The van der Waals surface area contributed by atoms with Gasteiger partial charge in [0.2, 0.25) is 11.6 Å². The fourth-order valence-electron chi connectivity index (χ4n) is 2.78. The molecule has 8 nitrogen and oxygen atoms in total. The molecule has 2 unspecified atom stereocenters. The van der Waals surface area contributed by atoms with E-state index in [1.165, 1.54) is 0 Å². The van der Waals surface area contributed by atoms with Crippen LogP contribution in [-0.4, -0.2) is 51.7 Å². The van der Waals surface area contributed by atoms with E-state index in [1.807, 2.05) is 0 Å². The largest absolute Gasteiger partial charge is 0.507 e. The lowest BCUT2D eigenvalue weighted by Crippen LogP contribution is -2.33. The zero-order valence-electron chi connectivity index (χ0n) is 14.2. The van der Waals surface area contributed by atoms with Crippen molar-refractivity contribution in [2.75, 3.05) is 6.61 Å². The van der Waals surface area contributed by atoms with Crippen LogP contribution in [0.15, 0.2) is 6.07 Å². The number of ketones is 2. The Bertz CT molecular complexity index is 745. The number of aromatic hydroxyl groups is 2. The number of phenolic OH excluding ortho intramolecular Hbond substituents is 2. The van der Waals surface area contributed by atoms with Gasteiger partial charge in [-0.1, -0.05) is 18.5 Å². The van der Waals surface area contributed by atoms with Gasteiger partial charge >= 0.3 is 5.97 Å². The van der Waals surface area contributed by atoms with Gasteiger partial charge in [-0.3, -0.25) is 9.59 Å². The molecule has 0 spiro atoms. The molecule has 1 heterocycles. The number of carbonyl (C=O) groups is 3. The van der Waals surface area contributed by atoms with Crippen LogP contribution in [-0.2, 0) is 14.3 Å². The molecule has 3 N–H and O–H groups in total. The third kappa shape index (κ3) is 4.25. The van der Waals surface area contributed by atoms with Crippen molar-refractivity contribution in [3.05, 3.63) is 16.7 Å². The first-order valence-corrected chi connectivity index (χ1v) is 8.32. The van der Waals surface area contributed by atoms with Gasteiger partial charge in [-0.15, -0.1) is 0 Å². The van der Waals surface area contributed by atoms with E-state index < -0.39 is 64.2 Å². The molecule has 1 aromatic carbocycles. The number of hydrogen-bond donors (Lipinski definition) is 3. The number of benzene rings is 1. The number of ether oxygens (including phenoxy) is 2. The van der Waals surface area contributed by atoms with Crippen LogP contribution in [0.1, 0.15) is 37.0 Å². The lowest BCUT2D eigenvalue weighted by Gasteiger charge is -2.20. The molecule has 0 fully saturated rings. The zero-order valence-corrected chi connectivity index (χ0v) is 14.9. The number of phenols is 2. The maximum atomic E-state index is 12.4. The molecule has 2 rings (SSSR count). The van der Waals surface area contributed by atoms with E-state index in [4.69, 9.17) is 21.1 Å². The molecule has 1 aliphatic rings. The van der Waals surface area contributed by atoms with Crippen LogP contribution >= 0.6 is 11.6 Å². The first-order valence-electron chi connectivity index (χ1n) is 7.95. The smallest absolute Gasteiger partial charge is 0.346 e. The van der Waals surface area contributed by atoms with Gasteiger partial charge in [0.05, 0.1) is 6.10 Å². The Kier molecular flexibility index (Phi) is 6.09. The number of halogens is 1. The van der Waals surface area contributed by atoms with Crippen LogP contribution < -0.4 is 4.74 Å². The Labute approximate surface area is 154 Å². The lowest BCUT2D eigenvalue weighted by atomic mass is 9.94. The number of aliphatic hydroxyl groups excluding tert-OH is 1. The zero-order chi connectivity index (χ0) is 19.6. The predicted octanol–water partition coefficient (Wildman–Crippen LogP) is 1.60. The standard InChI is InChI=1S/C17H19ClO8/c1-7-3-8(2)26-17(24)13-9(19)5-10(20)14(18)16(13)25-6-12(22)15(23)11(21)4-7/h5,7-8,11,19-21H,3-4,6H2,1-2H3/t7?,8-,11?/m0/s1. The SMILES string of the molecule is CC1CC(O)C(=O)C(=O)COc2c(Cl)c(O)cc(O)c2C(=O)O[C@@H](C)C1. The summed E-state index contributed by atoms with van der Waals surface area (Å²) < 4.78 is 10.4. The Morgan fingerprint density at radius 3 is 2.42 bits per heavy atom. The summed E-state index contributed by atoms with van der Waals surface area (Å²) in [7, 11) is 0. The van der Waals surface area contributed by atoms with Gasteiger partial charge in [0.25, 0.3) is 0 Å². The van der Waals surface area contributed by atoms with Crippen molar-refractivity contribution in [2.45, 2.75) is 38.9 Å². The molecule has 0 aromatic heterocycles. The molecule has 0 saturated carbocycles. The second-order valence-corrected chi connectivity index (χ2v) is 6.70. The average Bonchev–Trinajstić information content (AvgIpc) is 2.54. The minimum atomic E-state index is -1.50. The number of cyclic esters (lactones) is 1. The van der Waals surface area contributed by atoms with Crippen LogP contribution in [0.4, 0.5) is 0 Å². The van der Waals surface area contributed by atoms with Crippen LogP contribution in [0.5, 0.6) is 17.2 Å². The van der Waals surface area contributed by atoms with E-state index in [9.17, 15) is 29.7 Å². The minimum Gasteiger partial charge on any atom is -0.507 e. The Hall–Kier alpha value is -2.32. The van der Waals surface area contributed by atoms with Gasteiger partial charge in [0.15, 0.2) is 12.4 Å². The number of Topliss-reactive ketones (excluding diaryl/α,β-unsaturated/α-hetero) is 2. The van der Waals surface area contributed by atoms with Crippen LogP contribution in [0, 0.1) is 5.92 Å². The maximum absolute atomic E-state index is 12.4. The topological polar surface area (TPSA) is 130 Å². The van der Waals surface area contributed by atoms with Crippen molar-refractivity contribution in [1.29, 1.82) is 0 Å². The van der Waals surface area contributed by atoms with Crippen LogP contribution in [0.2, 0.25) is 5.02 Å². The molecule has 0 saturated heterocycles. The number of carbonyl (C=O) groups excluding carboxylic acids is 3. The summed E-state index contributed by atoms with van der Waals surface area (Å²) in [5.41, 5.74) is -0.465. The molecular weight excluding hydrogens is 368 g/mol. The second kappa shape index (κ2) is 7.92. The van der Waals surface area contributed by atoms with E-state index in [2.05, 4.69) is 0 Å². The van der Waals surface area contributed by atoms with E-state index in [0.717, 1.165) is 6.07 Å². The van der Waals surface area contributed by atoms with E-state index in [1.54, 1.807) is 13.8 Å². The summed E-state index contributed by atoms with van der Waals surface area (Å²) in [6.45, 7) is 2.51. The summed E-state index contributed by atoms with van der Waals surface area (Å²) in [5, 5.41) is 29.2. The Morgan fingerprint density at radius 1 is 1.12 bits per heavy atom. The van der Waals surface area contributed by atoms with E-state index in [0.29, 0.717) is 6.42 Å². The molecule has 3 atom stereocenters. The summed E-state index contributed by atoms with van der Waals surface area (Å²) in [4.78, 5) is 36.3. The molecule has 9 heteroatoms. The number of hydrogen-bond acceptors (Lipinski definition) is 8. The Morgan fingerprint density at radius 2 is 1.77 bits per heavy atom. The van der Waals surface area contributed by atoms with E-state index >= 15 is 0 Å². The molecule has 1 aliphatic heterocycles. The number of rotatable bonds is 0. The van der Waals surface area contributed by atoms with Gasteiger partial charge < -0.3 is 24.8 Å². The highest BCUT2D eigenvalue weighted by Gasteiger charge is 2.31. The van der Waals surface area contributed by atoms with Crippen molar-refractivity contribution in [2.24, 2.45) is 5.92 Å². The molecule has 0 bridgehead atoms. The second-order valence-electron chi connectivity index (χ2n) is 6.32. The fraction of sp³-hybridized carbons (Fsp3) is 0.471. The summed E-state index contributed by atoms with van der Waals surface area (Å²) in [5.74, 6) is -4.96. The van der Waals surface area contributed by atoms with Gasteiger partial charge in [0, 0.05) is 6.07 Å². The monoisotopic (exact) mass is 386 g/mol. The lowest BCUT2D eigenvalue weighted by molar-refractivity contribution is -0.143. The Balaban J connectivity index is 2.49. The normalized spacial score (nSPS) is 25.2. The molecule has 26 heavy (non-hydrogen) atoms. The molecule has 0 amide bonds. The quantitative estimate of drug-likeness (QED) is 0.452. The summed E-state index contributed by atoms with van der Waals surface area (Å²) >= 11 is 5.91. The highest BCUT2D eigenvalue weighted by molar-refractivity contribution is 6.39. The molecule has 0 aliphatic carbocycles. The minimum absolute atomic E-state index is 0.0200. The van der Waals surface area contributed by atoms with Gasteiger partial charge in [-0.05, 0) is 25.7 Å². The van der Waals surface area contributed by atoms with Crippen LogP contribution in [0.25, 0.3) is 0 Å². The average molecular weight is 387 g/mol. The number of esters is 1. The highest BCUT2D eigenvalue weighted by atomic mass is 35.5. The number of aliphatic hydroxyl groups is 1. The van der Waals surface area contributed by atoms with Crippen molar-refractivity contribution in [3.8, 4) is 17.2 Å². The predicted molar refractivity (Wildman–Crippen MR) is 89.6 cm³/mol. The fourth-order valence-corrected chi connectivity index (χ4v) is 2.98. The summed E-state index contributed by atoms with van der Waals surface area (Å²) in [6.07, 6.45) is -1.78. The maximum Gasteiger partial charge on any atom is 0.346 e. The van der Waals surface area contributed by atoms with Crippen molar-refractivity contribution < 1.29 is 39.2 Å². The molecule has 0 radical (unpaired) electrons.